The number of unbranched alkanes of at least 4 members (excludes halogenated alkanes) is 1. The fraction of sp³-hybridized carbons (Fsp3) is 0.500. The number of hydrogen-bond acceptors (Lipinski definition) is 6. The number of carbonyl (C=O) groups is 2. The Morgan fingerprint density at radius 3 is 2.00 bits per heavy atom. The van der Waals surface area contributed by atoms with Gasteiger partial charge in [-0.1, -0.05) is 75.7 Å². The van der Waals surface area contributed by atoms with E-state index < -0.39 is 17.3 Å². The minimum absolute atomic E-state index is 0.0124. The Hall–Kier alpha value is -2.99. The topological polar surface area (TPSA) is 129 Å². The van der Waals surface area contributed by atoms with Crippen molar-refractivity contribution in [1.82, 2.24) is 10.6 Å². The summed E-state index contributed by atoms with van der Waals surface area (Å²) < 4.78 is 39.2. The van der Waals surface area contributed by atoms with E-state index in [1.807, 2.05) is 45.0 Å². The van der Waals surface area contributed by atoms with Crippen LogP contribution in [0.25, 0.3) is 11.1 Å². The number of nitrogens with one attached hydrogen (secondary N) is 2. The lowest BCUT2D eigenvalue weighted by molar-refractivity contribution is -0.295. The van der Waals surface area contributed by atoms with Gasteiger partial charge in [-0.25, -0.2) is 9.78 Å². The van der Waals surface area contributed by atoms with Gasteiger partial charge in [-0.15, -0.1) is 0 Å². The van der Waals surface area contributed by atoms with E-state index in [1.165, 1.54) is 24.3 Å². The Bertz CT molecular complexity index is 1060. The molecule has 0 atom stereocenters. The fourth-order valence-corrected chi connectivity index (χ4v) is 3.52. The fourth-order valence-electron chi connectivity index (χ4n) is 3.52. The third-order valence-corrected chi connectivity index (χ3v) is 6.35. The van der Waals surface area contributed by atoms with E-state index in [1.54, 1.807) is 0 Å². The second kappa shape index (κ2) is 14.4. The van der Waals surface area contributed by atoms with Gasteiger partial charge in [0.2, 0.25) is 11.8 Å². The summed E-state index contributed by atoms with van der Waals surface area (Å²) in [6.07, 6.45) is -2.04. The lowest BCUT2D eigenvalue weighted by Crippen LogP contribution is -2.57. The molecule has 0 saturated carbocycles. The maximum absolute atomic E-state index is 13.1. The lowest BCUT2D eigenvalue weighted by Gasteiger charge is -2.27. The van der Waals surface area contributed by atoms with E-state index >= 15 is 0 Å². The first kappa shape index (κ1) is 32.2. The summed E-state index contributed by atoms with van der Waals surface area (Å²) >= 11 is 0. The van der Waals surface area contributed by atoms with Gasteiger partial charge < -0.3 is 22.1 Å². The Balaban J connectivity index is 1.76. The van der Waals surface area contributed by atoms with Gasteiger partial charge >= 0.3 is 6.18 Å². The largest absolute Gasteiger partial charge is 0.423 e. The van der Waals surface area contributed by atoms with Crippen LogP contribution in [0.15, 0.2) is 48.5 Å². The predicted molar refractivity (Wildman–Crippen MR) is 143 cm³/mol. The van der Waals surface area contributed by atoms with Gasteiger partial charge in [0.1, 0.15) is 0 Å². The van der Waals surface area contributed by atoms with E-state index in [0.717, 1.165) is 24.0 Å². The predicted octanol–water partition coefficient (Wildman–Crippen LogP) is 4.27. The van der Waals surface area contributed by atoms with E-state index in [-0.39, 0.29) is 30.6 Å². The summed E-state index contributed by atoms with van der Waals surface area (Å²) in [5.74, 6) is -0.160. The smallest absolute Gasteiger partial charge is 0.354 e. The van der Waals surface area contributed by atoms with Gasteiger partial charge in [0.15, 0.2) is 5.66 Å². The third-order valence-electron chi connectivity index (χ3n) is 6.35. The molecule has 11 heteroatoms. The van der Waals surface area contributed by atoms with Crippen LogP contribution in [0.4, 0.5) is 13.2 Å². The van der Waals surface area contributed by atoms with E-state index in [0.29, 0.717) is 31.5 Å². The minimum Gasteiger partial charge on any atom is -0.354 e. The third kappa shape index (κ3) is 9.92. The van der Waals surface area contributed by atoms with Crippen molar-refractivity contribution in [2.75, 3.05) is 19.8 Å². The SMILES string of the molecule is CCCCC(=O)NCCOOCCC(C)(C)C(=O)NCc1ccc(-c2ccc(C(N)(N)C(F)(F)F)cc2)cc1. The van der Waals surface area contributed by atoms with Crippen molar-refractivity contribution in [2.45, 2.75) is 64.8 Å². The number of rotatable bonds is 15. The summed E-state index contributed by atoms with van der Waals surface area (Å²) in [7, 11) is 0. The van der Waals surface area contributed by atoms with Crippen molar-refractivity contribution in [1.29, 1.82) is 0 Å². The van der Waals surface area contributed by atoms with Crippen LogP contribution in [-0.4, -0.2) is 37.7 Å². The second-order valence-electron chi connectivity index (χ2n) is 10.1. The van der Waals surface area contributed by atoms with Crippen LogP contribution in [0.1, 0.15) is 57.6 Å². The monoisotopic (exact) mass is 552 g/mol. The molecule has 2 amide bonds. The Labute approximate surface area is 227 Å². The summed E-state index contributed by atoms with van der Waals surface area (Å²) in [5.41, 5.74) is 9.06. The number of halogens is 3. The zero-order valence-corrected chi connectivity index (χ0v) is 22.7. The molecule has 6 N–H and O–H groups in total. The van der Waals surface area contributed by atoms with Crippen LogP contribution in [0.2, 0.25) is 0 Å². The number of amides is 2. The molecule has 0 aliphatic heterocycles. The maximum atomic E-state index is 13.1. The van der Waals surface area contributed by atoms with E-state index in [2.05, 4.69) is 10.6 Å². The van der Waals surface area contributed by atoms with Crippen LogP contribution in [0.3, 0.4) is 0 Å². The lowest BCUT2D eigenvalue weighted by atomic mass is 9.88. The number of carbonyl (C=O) groups excluding carboxylic acids is 2. The number of hydrogen-bond donors (Lipinski definition) is 4. The molecule has 0 spiro atoms. The molecular formula is C28H39F3N4O4. The molecule has 2 aromatic rings. The van der Waals surface area contributed by atoms with Gasteiger partial charge in [-0.2, -0.15) is 13.2 Å². The van der Waals surface area contributed by atoms with E-state index in [4.69, 9.17) is 21.2 Å². The summed E-state index contributed by atoms with van der Waals surface area (Å²) in [6, 6.07) is 12.9. The molecule has 0 unspecified atom stereocenters. The van der Waals surface area contributed by atoms with Gasteiger partial charge in [0.05, 0.1) is 13.2 Å². The second-order valence-corrected chi connectivity index (χ2v) is 10.1. The summed E-state index contributed by atoms with van der Waals surface area (Å²) in [4.78, 5) is 34.4. The van der Waals surface area contributed by atoms with Gasteiger partial charge in [-0.3, -0.25) is 9.59 Å². The molecule has 0 bridgehead atoms. The zero-order chi connectivity index (χ0) is 29.1. The van der Waals surface area contributed by atoms with Crippen molar-refractivity contribution in [3.63, 3.8) is 0 Å². The van der Waals surface area contributed by atoms with E-state index in [9.17, 15) is 22.8 Å². The van der Waals surface area contributed by atoms with Crippen molar-refractivity contribution in [2.24, 2.45) is 16.9 Å². The molecule has 0 fully saturated rings. The first-order valence-electron chi connectivity index (χ1n) is 12.9. The van der Waals surface area contributed by atoms with Crippen molar-refractivity contribution < 1.29 is 32.5 Å². The highest BCUT2D eigenvalue weighted by Crippen LogP contribution is 2.33. The summed E-state index contributed by atoms with van der Waals surface area (Å²) in [6.45, 7) is 6.75. The normalized spacial score (nSPS) is 12.3. The highest BCUT2D eigenvalue weighted by Gasteiger charge is 2.50. The molecule has 0 aliphatic rings. The highest BCUT2D eigenvalue weighted by atomic mass is 19.4. The average molecular weight is 553 g/mol. The Kier molecular flexibility index (Phi) is 11.9. The number of benzene rings is 2. The molecule has 39 heavy (non-hydrogen) atoms. The first-order valence-corrected chi connectivity index (χ1v) is 12.9. The number of alkyl halides is 3. The van der Waals surface area contributed by atoms with Crippen LogP contribution in [0, 0.1) is 5.41 Å². The molecule has 0 heterocycles. The standard InChI is InChI=1S/C28H39F3N4O4/c1-4-5-6-24(36)34-16-18-39-38-17-15-26(2,3)25(37)35-19-20-7-9-21(10-8-20)22-11-13-23(14-12-22)27(32,33)28(29,30)31/h7-14H,4-6,15-19,32-33H2,1-3H3,(H,34,36)(H,35,37). The van der Waals surface area contributed by atoms with Crippen LogP contribution < -0.4 is 22.1 Å². The molecular weight excluding hydrogens is 513 g/mol. The van der Waals surface area contributed by atoms with Gasteiger partial charge in [0.25, 0.3) is 0 Å². The molecule has 8 nitrogen and oxygen atoms in total. The van der Waals surface area contributed by atoms with Crippen LogP contribution >= 0.6 is 0 Å². The Morgan fingerprint density at radius 2 is 1.44 bits per heavy atom. The van der Waals surface area contributed by atoms with Gasteiger partial charge in [0, 0.05) is 24.9 Å². The first-order chi connectivity index (χ1) is 18.3. The molecule has 216 valence electrons. The maximum Gasteiger partial charge on any atom is 0.423 e. The molecule has 2 rings (SSSR count). The van der Waals surface area contributed by atoms with Crippen molar-refractivity contribution in [3.05, 3.63) is 59.7 Å². The highest BCUT2D eigenvalue weighted by molar-refractivity contribution is 5.81. The molecule has 0 aliphatic carbocycles. The zero-order valence-electron chi connectivity index (χ0n) is 22.7. The molecule has 0 saturated heterocycles. The van der Waals surface area contributed by atoms with Gasteiger partial charge in [-0.05, 0) is 35.1 Å². The molecule has 0 aromatic heterocycles. The van der Waals surface area contributed by atoms with Crippen molar-refractivity contribution in [3.8, 4) is 11.1 Å². The molecule has 0 radical (unpaired) electrons. The number of nitrogens with two attached hydrogens (primary N) is 2. The van der Waals surface area contributed by atoms with Crippen LogP contribution in [-0.2, 0) is 31.6 Å². The quantitative estimate of drug-likeness (QED) is 0.113. The van der Waals surface area contributed by atoms with Crippen molar-refractivity contribution >= 4 is 11.8 Å². The molecule has 2 aromatic carbocycles. The average Bonchev–Trinajstić information content (AvgIpc) is 2.89. The van der Waals surface area contributed by atoms with Crippen LogP contribution in [0.5, 0.6) is 0 Å². The summed E-state index contributed by atoms with van der Waals surface area (Å²) in [5, 5.41) is 5.66. The minimum atomic E-state index is -4.77. The Morgan fingerprint density at radius 1 is 0.872 bits per heavy atom.